The highest BCUT2D eigenvalue weighted by Crippen LogP contribution is 2.23. The van der Waals surface area contributed by atoms with Gasteiger partial charge in [0.25, 0.3) is 0 Å². The van der Waals surface area contributed by atoms with Crippen LogP contribution in [0.2, 0.25) is 0 Å². The number of aliphatic hydroxyl groups is 1. The third-order valence-electron chi connectivity index (χ3n) is 3.52. The Morgan fingerprint density at radius 1 is 1.13 bits per heavy atom. The summed E-state index contributed by atoms with van der Waals surface area (Å²) in [6.45, 7) is 6.83. The van der Waals surface area contributed by atoms with E-state index in [0.717, 1.165) is 0 Å². The molecule has 0 amide bonds. The lowest BCUT2D eigenvalue weighted by Gasteiger charge is -2.33. The molecule has 2 N–H and O–H groups in total. The Labute approximate surface area is 94.5 Å². The lowest BCUT2D eigenvalue weighted by Crippen LogP contribution is -2.48. The summed E-state index contributed by atoms with van der Waals surface area (Å²) >= 11 is 0. The summed E-state index contributed by atoms with van der Waals surface area (Å²) in [5.74, 6) is 0. The van der Waals surface area contributed by atoms with Crippen molar-refractivity contribution in [2.75, 3.05) is 6.61 Å². The SMILES string of the molecule is CC(C)(C)C(CO)NC1CCCCCC1. The third kappa shape index (κ3) is 4.52. The molecule has 0 aromatic carbocycles. The lowest BCUT2D eigenvalue weighted by molar-refractivity contribution is 0.144. The van der Waals surface area contributed by atoms with Crippen molar-refractivity contribution in [2.24, 2.45) is 5.41 Å². The number of rotatable bonds is 3. The molecule has 1 saturated carbocycles. The summed E-state index contributed by atoms with van der Waals surface area (Å²) < 4.78 is 0. The zero-order valence-corrected chi connectivity index (χ0v) is 10.6. The second kappa shape index (κ2) is 5.86. The molecule has 0 spiro atoms. The van der Waals surface area contributed by atoms with Crippen molar-refractivity contribution in [2.45, 2.75) is 71.4 Å². The van der Waals surface area contributed by atoms with Crippen LogP contribution in [-0.4, -0.2) is 23.8 Å². The number of aliphatic hydroxyl groups excluding tert-OH is 1. The van der Waals surface area contributed by atoms with E-state index in [-0.39, 0.29) is 18.1 Å². The van der Waals surface area contributed by atoms with Crippen LogP contribution in [0.25, 0.3) is 0 Å². The molecule has 0 aliphatic heterocycles. The molecule has 1 aliphatic rings. The first kappa shape index (κ1) is 13.0. The Bertz CT molecular complexity index is 166. The normalized spacial score (nSPS) is 22.4. The van der Waals surface area contributed by atoms with Crippen LogP contribution in [0, 0.1) is 5.41 Å². The minimum Gasteiger partial charge on any atom is -0.395 e. The van der Waals surface area contributed by atoms with Crippen LogP contribution in [0.15, 0.2) is 0 Å². The molecule has 2 nitrogen and oxygen atoms in total. The van der Waals surface area contributed by atoms with E-state index in [2.05, 4.69) is 26.1 Å². The Balaban J connectivity index is 2.42. The second-order valence-corrected chi connectivity index (χ2v) is 5.96. The summed E-state index contributed by atoms with van der Waals surface area (Å²) in [4.78, 5) is 0. The van der Waals surface area contributed by atoms with Gasteiger partial charge >= 0.3 is 0 Å². The van der Waals surface area contributed by atoms with Crippen LogP contribution in [0.4, 0.5) is 0 Å². The van der Waals surface area contributed by atoms with Crippen molar-refractivity contribution in [3.63, 3.8) is 0 Å². The van der Waals surface area contributed by atoms with Gasteiger partial charge < -0.3 is 10.4 Å². The van der Waals surface area contributed by atoms with E-state index >= 15 is 0 Å². The topological polar surface area (TPSA) is 32.3 Å². The molecular formula is C13H27NO. The van der Waals surface area contributed by atoms with Gasteiger partial charge in [-0.05, 0) is 18.3 Å². The Morgan fingerprint density at radius 2 is 1.67 bits per heavy atom. The summed E-state index contributed by atoms with van der Waals surface area (Å²) in [7, 11) is 0. The van der Waals surface area contributed by atoms with Gasteiger partial charge in [-0.3, -0.25) is 0 Å². The summed E-state index contributed by atoms with van der Waals surface area (Å²) in [6, 6.07) is 0.865. The van der Waals surface area contributed by atoms with Crippen molar-refractivity contribution in [3.05, 3.63) is 0 Å². The van der Waals surface area contributed by atoms with Gasteiger partial charge in [0.15, 0.2) is 0 Å². The third-order valence-corrected chi connectivity index (χ3v) is 3.52. The van der Waals surface area contributed by atoms with Crippen LogP contribution in [0.5, 0.6) is 0 Å². The Hall–Kier alpha value is -0.0800. The standard InChI is InChI=1S/C13H27NO/c1-13(2,3)12(10-15)14-11-8-6-4-5-7-9-11/h11-12,14-15H,4-10H2,1-3H3. The van der Waals surface area contributed by atoms with Crippen LogP contribution < -0.4 is 5.32 Å². The maximum absolute atomic E-state index is 9.40. The fourth-order valence-electron chi connectivity index (χ4n) is 2.31. The molecule has 1 unspecified atom stereocenters. The summed E-state index contributed by atoms with van der Waals surface area (Å²) in [5, 5.41) is 13.0. The molecule has 1 aliphatic carbocycles. The molecule has 2 heteroatoms. The number of hydrogen-bond donors (Lipinski definition) is 2. The molecule has 0 aromatic heterocycles. The average molecular weight is 213 g/mol. The van der Waals surface area contributed by atoms with E-state index < -0.39 is 0 Å². The fourth-order valence-corrected chi connectivity index (χ4v) is 2.31. The maximum Gasteiger partial charge on any atom is 0.0589 e. The minimum atomic E-state index is 0.154. The number of nitrogens with one attached hydrogen (secondary N) is 1. The average Bonchev–Trinajstić information content (AvgIpc) is 2.40. The molecule has 1 rings (SSSR count). The van der Waals surface area contributed by atoms with Gasteiger partial charge in [0.05, 0.1) is 6.61 Å². The molecule has 90 valence electrons. The van der Waals surface area contributed by atoms with Crippen LogP contribution in [-0.2, 0) is 0 Å². The quantitative estimate of drug-likeness (QED) is 0.707. The second-order valence-electron chi connectivity index (χ2n) is 5.96. The first-order valence-electron chi connectivity index (χ1n) is 6.41. The first-order valence-corrected chi connectivity index (χ1v) is 6.41. The predicted octanol–water partition coefficient (Wildman–Crippen LogP) is 2.71. The van der Waals surface area contributed by atoms with Gasteiger partial charge in [-0.2, -0.15) is 0 Å². The smallest absolute Gasteiger partial charge is 0.0589 e. The molecule has 0 aromatic rings. The Morgan fingerprint density at radius 3 is 2.07 bits per heavy atom. The molecular weight excluding hydrogens is 186 g/mol. The van der Waals surface area contributed by atoms with Gasteiger partial charge in [0.1, 0.15) is 0 Å². The molecule has 1 fully saturated rings. The molecule has 15 heavy (non-hydrogen) atoms. The summed E-state index contributed by atoms with van der Waals surface area (Å²) in [6.07, 6.45) is 8.04. The van der Waals surface area contributed by atoms with Crippen LogP contribution in [0.1, 0.15) is 59.3 Å². The van der Waals surface area contributed by atoms with Gasteiger partial charge in [0, 0.05) is 12.1 Å². The van der Waals surface area contributed by atoms with Crippen molar-refractivity contribution >= 4 is 0 Å². The highest BCUT2D eigenvalue weighted by molar-refractivity contribution is 4.84. The Kier molecular flexibility index (Phi) is 5.07. The number of hydrogen-bond acceptors (Lipinski definition) is 2. The zero-order chi connectivity index (χ0) is 11.3. The van der Waals surface area contributed by atoms with Crippen LogP contribution in [0.3, 0.4) is 0 Å². The van der Waals surface area contributed by atoms with E-state index in [1.807, 2.05) is 0 Å². The predicted molar refractivity (Wildman–Crippen MR) is 65.0 cm³/mol. The molecule has 0 saturated heterocycles. The highest BCUT2D eigenvalue weighted by Gasteiger charge is 2.26. The van der Waals surface area contributed by atoms with Crippen molar-refractivity contribution in [1.29, 1.82) is 0 Å². The molecule has 1 atom stereocenters. The molecule has 0 bridgehead atoms. The van der Waals surface area contributed by atoms with Crippen molar-refractivity contribution in [3.8, 4) is 0 Å². The summed E-state index contributed by atoms with van der Waals surface area (Å²) in [5.41, 5.74) is 0.154. The monoisotopic (exact) mass is 213 g/mol. The molecule has 0 radical (unpaired) electrons. The first-order chi connectivity index (χ1) is 7.04. The van der Waals surface area contributed by atoms with E-state index in [0.29, 0.717) is 6.04 Å². The van der Waals surface area contributed by atoms with Crippen molar-refractivity contribution < 1.29 is 5.11 Å². The van der Waals surface area contributed by atoms with Gasteiger partial charge in [-0.25, -0.2) is 0 Å². The zero-order valence-electron chi connectivity index (χ0n) is 10.6. The lowest BCUT2D eigenvalue weighted by atomic mass is 9.86. The van der Waals surface area contributed by atoms with Gasteiger partial charge in [-0.1, -0.05) is 46.5 Å². The van der Waals surface area contributed by atoms with E-state index in [1.165, 1.54) is 38.5 Å². The van der Waals surface area contributed by atoms with Crippen LogP contribution >= 0.6 is 0 Å². The van der Waals surface area contributed by atoms with Gasteiger partial charge in [0.2, 0.25) is 0 Å². The largest absolute Gasteiger partial charge is 0.395 e. The fraction of sp³-hybridized carbons (Fsp3) is 1.00. The van der Waals surface area contributed by atoms with Crippen molar-refractivity contribution in [1.82, 2.24) is 5.32 Å². The van der Waals surface area contributed by atoms with Gasteiger partial charge in [-0.15, -0.1) is 0 Å². The maximum atomic E-state index is 9.40. The minimum absolute atomic E-state index is 0.154. The highest BCUT2D eigenvalue weighted by atomic mass is 16.3. The van der Waals surface area contributed by atoms with E-state index in [1.54, 1.807) is 0 Å². The van der Waals surface area contributed by atoms with E-state index in [4.69, 9.17) is 0 Å². The van der Waals surface area contributed by atoms with E-state index in [9.17, 15) is 5.11 Å². The molecule has 0 heterocycles.